The van der Waals surface area contributed by atoms with E-state index in [1.807, 2.05) is 43.4 Å². The highest BCUT2D eigenvalue weighted by Gasteiger charge is 2.07. The molecular formula is C15H18N2O2. The van der Waals surface area contributed by atoms with E-state index < -0.39 is 0 Å². The molecule has 0 aliphatic heterocycles. The summed E-state index contributed by atoms with van der Waals surface area (Å²) in [5.74, 6) is 0.880. The van der Waals surface area contributed by atoms with Gasteiger partial charge in [0.05, 0.1) is 19.4 Å². The van der Waals surface area contributed by atoms with Gasteiger partial charge in [0.2, 0.25) is 0 Å². The molecule has 0 aliphatic carbocycles. The largest absolute Gasteiger partial charge is 0.496 e. The second kappa shape index (κ2) is 6.20. The van der Waals surface area contributed by atoms with Crippen LogP contribution in [0.1, 0.15) is 11.3 Å². The molecule has 1 aromatic heterocycles. The van der Waals surface area contributed by atoms with Crippen molar-refractivity contribution in [2.45, 2.75) is 13.2 Å². The molecule has 100 valence electrons. The maximum atomic E-state index is 9.11. The normalized spacial score (nSPS) is 10.3. The number of aliphatic hydroxyl groups is 1. The second-order valence-electron chi connectivity index (χ2n) is 4.33. The van der Waals surface area contributed by atoms with Crippen LogP contribution in [0, 0.1) is 0 Å². The number of aliphatic hydroxyl groups excluding tert-OH is 1. The number of anilines is 1. The summed E-state index contributed by atoms with van der Waals surface area (Å²) in [7, 11) is 3.68. The molecule has 0 amide bonds. The van der Waals surface area contributed by atoms with Crippen LogP contribution >= 0.6 is 0 Å². The van der Waals surface area contributed by atoms with Crippen molar-refractivity contribution in [1.29, 1.82) is 0 Å². The van der Waals surface area contributed by atoms with Crippen LogP contribution in [0.2, 0.25) is 0 Å². The molecular weight excluding hydrogens is 240 g/mol. The Hall–Kier alpha value is -2.07. The molecule has 0 spiro atoms. The zero-order chi connectivity index (χ0) is 13.7. The van der Waals surface area contributed by atoms with E-state index in [1.165, 1.54) is 0 Å². The number of aromatic nitrogens is 1. The van der Waals surface area contributed by atoms with Crippen molar-refractivity contribution < 1.29 is 9.84 Å². The Balaban J connectivity index is 2.18. The highest BCUT2D eigenvalue weighted by molar-refractivity contribution is 5.47. The monoisotopic (exact) mass is 258 g/mol. The third kappa shape index (κ3) is 3.23. The lowest BCUT2D eigenvalue weighted by Crippen LogP contribution is -2.17. The quantitative estimate of drug-likeness (QED) is 0.893. The van der Waals surface area contributed by atoms with E-state index in [1.54, 1.807) is 13.3 Å². The molecule has 0 unspecified atom stereocenters. The molecule has 0 fully saturated rings. The summed E-state index contributed by atoms with van der Waals surface area (Å²) in [6.45, 7) is 0.690. The maximum absolute atomic E-state index is 9.11. The van der Waals surface area contributed by atoms with Crippen LogP contribution in [0.4, 0.5) is 5.69 Å². The van der Waals surface area contributed by atoms with Gasteiger partial charge in [0.25, 0.3) is 0 Å². The van der Waals surface area contributed by atoms with Crippen LogP contribution < -0.4 is 9.64 Å². The number of pyridine rings is 1. The predicted molar refractivity (Wildman–Crippen MR) is 75.3 cm³/mol. The van der Waals surface area contributed by atoms with Crippen molar-refractivity contribution in [2.75, 3.05) is 19.1 Å². The van der Waals surface area contributed by atoms with Gasteiger partial charge in [-0.1, -0.05) is 18.2 Å². The van der Waals surface area contributed by atoms with Gasteiger partial charge in [0.1, 0.15) is 5.75 Å². The number of hydrogen-bond donors (Lipinski definition) is 1. The van der Waals surface area contributed by atoms with Crippen molar-refractivity contribution in [3.63, 3.8) is 0 Å². The number of nitrogens with zero attached hydrogens (tertiary/aromatic N) is 2. The minimum Gasteiger partial charge on any atom is -0.496 e. The van der Waals surface area contributed by atoms with E-state index in [0.29, 0.717) is 5.69 Å². The van der Waals surface area contributed by atoms with E-state index in [0.717, 1.165) is 23.5 Å². The van der Waals surface area contributed by atoms with Crippen LogP contribution in [0.3, 0.4) is 0 Å². The number of para-hydroxylation sites is 1. The standard InChI is InChI=1S/C15H18N2O2/c1-17(14-7-8-16-13(9-14)11-18)10-12-5-3-4-6-15(12)19-2/h3-9,18H,10-11H2,1-2H3. The zero-order valence-electron chi connectivity index (χ0n) is 11.2. The number of rotatable bonds is 5. The van der Waals surface area contributed by atoms with Gasteiger partial charge < -0.3 is 14.7 Å². The maximum Gasteiger partial charge on any atom is 0.123 e. The molecule has 2 aromatic rings. The smallest absolute Gasteiger partial charge is 0.123 e. The van der Waals surface area contributed by atoms with Gasteiger partial charge >= 0.3 is 0 Å². The molecule has 0 bridgehead atoms. The molecule has 0 radical (unpaired) electrons. The molecule has 0 saturated heterocycles. The Kier molecular flexibility index (Phi) is 4.36. The number of methoxy groups -OCH3 is 1. The predicted octanol–water partition coefficient (Wildman–Crippen LogP) is 2.22. The van der Waals surface area contributed by atoms with Gasteiger partial charge in [-0.2, -0.15) is 0 Å². The molecule has 0 saturated carbocycles. The summed E-state index contributed by atoms with van der Waals surface area (Å²) in [5, 5.41) is 9.11. The van der Waals surface area contributed by atoms with Gasteiger partial charge in [-0.15, -0.1) is 0 Å². The van der Waals surface area contributed by atoms with Crippen molar-refractivity contribution >= 4 is 5.69 Å². The summed E-state index contributed by atoms with van der Waals surface area (Å²) in [4.78, 5) is 6.18. The highest BCUT2D eigenvalue weighted by atomic mass is 16.5. The first-order chi connectivity index (χ1) is 9.24. The van der Waals surface area contributed by atoms with Gasteiger partial charge in [0.15, 0.2) is 0 Å². The van der Waals surface area contributed by atoms with Gasteiger partial charge in [-0.3, -0.25) is 4.98 Å². The van der Waals surface area contributed by atoms with Crippen LogP contribution in [0.5, 0.6) is 5.75 Å². The van der Waals surface area contributed by atoms with Crippen LogP contribution in [0.25, 0.3) is 0 Å². The van der Waals surface area contributed by atoms with Crippen molar-refractivity contribution in [2.24, 2.45) is 0 Å². The average Bonchev–Trinajstić information content (AvgIpc) is 2.47. The van der Waals surface area contributed by atoms with Crippen molar-refractivity contribution in [3.05, 3.63) is 53.9 Å². The average molecular weight is 258 g/mol. The molecule has 1 aromatic carbocycles. The minimum absolute atomic E-state index is 0.0453. The lowest BCUT2D eigenvalue weighted by atomic mass is 10.2. The summed E-state index contributed by atoms with van der Waals surface area (Å²) in [6.07, 6.45) is 1.71. The lowest BCUT2D eigenvalue weighted by Gasteiger charge is -2.21. The molecule has 2 rings (SSSR count). The zero-order valence-corrected chi connectivity index (χ0v) is 11.2. The number of benzene rings is 1. The molecule has 0 aliphatic rings. The summed E-state index contributed by atoms with van der Waals surface area (Å²) < 4.78 is 5.35. The van der Waals surface area contributed by atoms with E-state index in [2.05, 4.69) is 9.88 Å². The molecule has 1 N–H and O–H groups in total. The fourth-order valence-electron chi connectivity index (χ4n) is 1.97. The summed E-state index contributed by atoms with van der Waals surface area (Å²) >= 11 is 0. The Morgan fingerprint density at radius 1 is 1.26 bits per heavy atom. The Bertz CT molecular complexity index is 543. The third-order valence-electron chi connectivity index (χ3n) is 3.00. The Morgan fingerprint density at radius 2 is 2.05 bits per heavy atom. The summed E-state index contributed by atoms with van der Waals surface area (Å²) in [5.41, 5.74) is 2.81. The topological polar surface area (TPSA) is 45.6 Å². The highest BCUT2D eigenvalue weighted by Crippen LogP contribution is 2.22. The number of hydrogen-bond acceptors (Lipinski definition) is 4. The Morgan fingerprint density at radius 3 is 2.79 bits per heavy atom. The molecule has 4 heteroatoms. The number of ether oxygens (including phenoxy) is 1. The van der Waals surface area contributed by atoms with E-state index in [-0.39, 0.29) is 6.61 Å². The lowest BCUT2D eigenvalue weighted by molar-refractivity contribution is 0.277. The van der Waals surface area contributed by atoms with Crippen LogP contribution in [0.15, 0.2) is 42.6 Å². The molecule has 1 heterocycles. The van der Waals surface area contributed by atoms with Gasteiger partial charge in [0, 0.05) is 31.0 Å². The van der Waals surface area contributed by atoms with E-state index in [9.17, 15) is 0 Å². The van der Waals surface area contributed by atoms with E-state index in [4.69, 9.17) is 9.84 Å². The van der Waals surface area contributed by atoms with Gasteiger partial charge in [-0.25, -0.2) is 0 Å². The minimum atomic E-state index is -0.0453. The molecule has 4 nitrogen and oxygen atoms in total. The summed E-state index contributed by atoms with van der Waals surface area (Å²) in [6, 6.07) is 11.8. The first kappa shape index (κ1) is 13.4. The molecule has 19 heavy (non-hydrogen) atoms. The fourth-order valence-corrected chi connectivity index (χ4v) is 1.97. The van der Waals surface area contributed by atoms with Crippen LogP contribution in [-0.2, 0) is 13.2 Å². The van der Waals surface area contributed by atoms with Crippen LogP contribution in [-0.4, -0.2) is 24.2 Å². The first-order valence-electron chi connectivity index (χ1n) is 6.13. The second-order valence-corrected chi connectivity index (χ2v) is 4.33. The van der Waals surface area contributed by atoms with Crippen molar-refractivity contribution in [3.8, 4) is 5.75 Å². The van der Waals surface area contributed by atoms with E-state index >= 15 is 0 Å². The Labute approximate surface area is 113 Å². The van der Waals surface area contributed by atoms with Crippen molar-refractivity contribution in [1.82, 2.24) is 4.98 Å². The SMILES string of the molecule is COc1ccccc1CN(C)c1ccnc(CO)c1. The van der Waals surface area contributed by atoms with Gasteiger partial charge in [-0.05, 0) is 18.2 Å². The molecule has 0 atom stereocenters. The third-order valence-corrected chi connectivity index (χ3v) is 3.00. The first-order valence-corrected chi connectivity index (χ1v) is 6.13. The fraction of sp³-hybridized carbons (Fsp3) is 0.267.